The first-order chi connectivity index (χ1) is 15.9. The maximum absolute atomic E-state index is 12.8. The summed E-state index contributed by atoms with van der Waals surface area (Å²) < 4.78 is 21.8. The van der Waals surface area contributed by atoms with Gasteiger partial charge in [-0.05, 0) is 31.7 Å². The Hall–Kier alpha value is -2.14. The highest BCUT2D eigenvalue weighted by molar-refractivity contribution is 6.33. The number of methoxy groups -OCH3 is 2. The molecule has 3 heterocycles. The Morgan fingerprint density at radius 3 is 2.85 bits per heavy atom. The first-order valence-corrected chi connectivity index (χ1v) is 11.6. The molecule has 1 aromatic heterocycles. The van der Waals surface area contributed by atoms with Crippen molar-refractivity contribution in [3.05, 3.63) is 16.7 Å². The molecule has 3 atom stereocenters. The second-order valence-corrected chi connectivity index (χ2v) is 8.68. The molecule has 10 nitrogen and oxygen atoms in total. The largest absolute Gasteiger partial charge is 0.480 e. The predicted octanol–water partition coefficient (Wildman–Crippen LogP) is 1.65. The fourth-order valence-electron chi connectivity index (χ4n) is 4.08. The van der Waals surface area contributed by atoms with Crippen molar-refractivity contribution < 1.29 is 28.5 Å². The van der Waals surface area contributed by atoms with E-state index in [9.17, 15) is 9.59 Å². The molecule has 2 saturated heterocycles. The number of esters is 1. The maximum atomic E-state index is 12.8. The number of hydrogen-bond donors (Lipinski definition) is 2. The maximum Gasteiger partial charge on any atom is 0.307 e. The molecule has 1 aromatic rings. The molecule has 0 aromatic carbocycles. The number of halogens is 1. The summed E-state index contributed by atoms with van der Waals surface area (Å²) in [4.78, 5) is 31.1. The zero-order valence-corrected chi connectivity index (χ0v) is 19.9. The summed E-state index contributed by atoms with van der Waals surface area (Å²) in [5.41, 5.74) is 5.90. The number of likely N-dealkylation sites (tertiary alicyclic amines) is 1. The molecule has 0 spiro atoms. The smallest absolute Gasteiger partial charge is 0.307 e. The van der Waals surface area contributed by atoms with Crippen molar-refractivity contribution >= 4 is 29.3 Å². The number of nitrogens with two attached hydrogens (primary N) is 1. The number of pyridine rings is 1. The molecule has 0 bridgehead atoms. The van der Waals surface area contributed by atoms with Gasteiger partial charge in [0, 0.05) is 33.4 Å². The fraction of sp³-hybridized carbons (Fsp3) is 0.682. The van der Waals surface area contributed by atoms with E-state index in [2.05, 4.69) is 15.2 Å². The number of aromatic nitrogens is 1. The standard InChI is InChI=1S/C22H33ClN4O6/c1-30-18-12-27(9-7-19(28)33-13-14-5-3-4-10-32-14)8-6-17(18)25-21(29)15-11-16(23)20(24)26-22(15)31-2/h11,14,17-18H,3-10,12-13H2,1-2H3,(H2,24,26)(H,25,29)/t14?,17-,18+/m0/s1. The van der Waals surface area contributed by atoms with E-state index < -0.39 is 0 Å². The molecule has 33 heavy (non-hydrogen) atoms. The summed E-state index contributed by atoms with van der Waals surface area (Å²) in [5.74, 6) is -0.389. The van der Waals surface area contributed by atoms with E-state index in [1.54, 1.807) is 7.11 Å². The van der Waals surface area contributed by atoms with Crippen LogP contribution in [0.25, 0.3) is 0 Å². The van der Waals surface area contributed by atoms with Crippen LogP contribution in [-0.2, 0) is 19.0 Å². The van der Waals surface area contributed by atoms with Crippen LogP contribution in [0.4, 0.5) is 5.82 Å². The topological polar surface area (TPSA) is 125 Å². The molecule has 1 unspecified atom stereocenters. The van der Waals surface area contributed by atoms with E-state index >= 15 is 0 Å². The number of nitrogens with one attached hydrogen (secondary N) is 1. The molecule has 2 aliphatic heterocycles. The number of anilines is 1. The second-order valence-electron chi connectivity index (χ2n) is 8.28. The number of piperidine rings is 1. The van der Waals surface area contributed by atoms with Gasteiger partial charge in [-0.3, -0.25) is 9.59 Å². The van der Waals surface area contributed by atoms with Crippen molar-refractivity contribution in [3.8, 4) is 5.88 Å². The molecule has 184 valence electrons. The third kappa shape index (κ3) is 7.17. The van der Waals surface area contributed by atoms with Crippen LogP contribution in [0.15, 0.2) is 6.07 Å². The molecule has 0 radical (unpaired) electrons. The Morgan fingerprint density at radius 2 is 2.15 bits per heavy atom. The monoisotopic (exact) mass is 484 g/mol. The molecule has 11 heteroatoms. The van der Waals surface area contributed by atoms with Crippen LogP contribution in [0.1, 0.15) is 42.5 Å². The van der Waals surface area contributed by atoms with Crippen molar-refractivity contribution in [1.82, 2.24) is 15.2 Å². The normalized spacial score (nSPS) is 23.7. The third-order valence-electron chi connectivity index (χ3n) is 6.00. The number of nitrogens with zero attached hydrogens (tertiary/aromatic N) is 2. The third-order valence-corrected chi connectivity index (χ3v) is 6.31. The van der Waals surface area contributed by atoms with Gasteiger partial charge in [-0.15, -0.1) is 0 Å². The van der Waals surface area contributed by atoms with Crippen LogP contribution >= 0.6 is 11.6 Å². The highest BCUT2D eigenvalue weighted by atomic mass is 35.5. The first-order valence-electron chi connectivity index (χ1n) is 11.2. The summed E-state index contributed by atoms with van der Waals surface area (Å²) in [5, 5.41) is 3.17. The molecule has 2 aliphatic rings. The summed E-state index contributed by atoms with van der Waals surface area (Å²) in [7, 11) is 3.02. The van der Waals surface area contributed by atoms with Crippen LogP contribution < -0.4 is 15.8 Å². The van der Waals surface area contributed by atoms with E-state index in [1.165, 1.54) is 13.2 Å². The molecule has 2 fully saturated rings. The second kappa shape index (κ2) is 12.4. The van der Waals surface area contributed by atoms with Gasteiger partial charge in [-0.2, -0.15) is 4.98 Å². The van der Waals surface area contributed by atoms with Crippen molar-refractivity contribution in [2.75, 3.05) is 52.8 Å². The quantitative estimate of drug-likeness (QED) is 0.503. The van der Waals surface area contributed by atoms with Gasteiger partial charge < -0.3 is 34.9 Å². The van der Waals surface area contributed by atoms with Crippen molar-refractivity contribution in [2.24, 2.45) is 0 Å². The lowest BCUT2D eigenvalue weighted by Gasteiger charge is -2.38. The Labute approximate surface area is 199 Å². The molecule has 3 rings (SSSR count). The first kappa shape index (κ1) is 25.5. The molecular weight excluding hydrogens is 452 g/mol. The van der Waals surface area contributed by atoms with Crippen molar-refractivity contribution in [2.45, 2.75) is 50.4 Å². The molecule has 0 saturated carbocycles. The lowest BCUT2D eigenvalue weighted by molar-refractivity contribution is -0.149. The predicted molar refractivity (Wildman–Crippen MR) is 122 cm³/mol. The van der Waals surface area contributed by atoms with E-state index in [-0.39, 0.29) is 52.4 Å². The van der Waals surface area contributed by atoms with Gasteiger partial charge in [0.15, 0.2) is 0 Å². The number of carbonyl (C=O) groups is 2. The number of carbonyl (C=O) groups excluding carboxylic acids is 2. The SMILES string of the molecule is COc1nc(N)c(Cl)cc1C(=O)N[C@H]1CCN(CCC(=O)OCC2CCCCO2)C[C@H]1OC. The average Bonchev–Trinajstić information content (AvgIpc) is 2.83. The van der Waals surface area contributed by atoms with Gasteiger partial charge in [-0.25, -0.2) is 0 Å². The number of amides is 1. The highest BCUT2D eigenvalue weighted by Crippen LogP contribution is 2.25. The summed E-state index contributed by atoms with van der Waals surface area (Å²) in [6.07, 6.45) is 3.86. The number of ether oxygens (including phenoxy) is 4. The summed E-state index contributed by atoms with van der Waals surface area (Å²) >= 11 is 6.03. The fourth-order valence-corrected chi connectivity index (χ4v) is 4.24. The van der Waals surface area contributed by atoms with Gasteiger partial charge in [0.2, 0.25) is 5.88 Å². The van der Waals surface area contributed by atoms with Gasteiger partial charge in [-0.1, -0.05) is 11.6 Å². The average molecular weight is 485 g/mol. The Bertz CT molecular complexity index is 820. The summed E-state index contributed by atoms with van der Waals surface area (Å²) in [6.45, 7) is 2.91. The van der Waals surface area contributed by atoms with E-state index in [0.717, 1.165) is 25.9 Å². The highest BCUT2D eigenvalue weighted by Gasteiger charge is 2.32. The molecular formula is C22H33ClN4O6. The minimum Gasteiger partial charge on any atom is -0.480 e. The summed E-state index contributed by atoms with van der Waals surface area (Å²) in [6, 6.07) is 1.23. The minimum absolute atomic E-state index is 0.0182. The lowest BCUT2D eigenvalue weighted by Crippen LogP contribution is -2.55. The number of hydrogen-bond acceptors (Lipinski definition) is 9. The van der Waals surface area contributed by atoms with Gasteiger partial charge in [0.1, 0.15) is 18.0 Å². The van der Waals surface area contributed by atoms with E-state index in [0.29, 0.717) is 39.1 Å². The minimum atomic E-state index is -0.366. The molecule has 1 amide bonds. The van der Waals surface area contributed by atoms with Crippen LogP contribution in [0, 0.1) is 0 Å². The lowest BCUT2D eigenvalue weighted by atomic mass is 10.0. The van der Waals surface area contributed by atoms with E-state index in [4.69, 9.17) is 36.3 Å². The van der Waals surface area contributed by atoms with Crippen LogP contribution in [0.5, 0.6) is 5.88 Å². The Balaban J connectivity index is 1.46. The van der Waals surface area contributed by atoms with E-state index in [1.807, 2.05) is 0 Å². The van der Waals surface area contributed by atoms with Gasteiger partial charge >= 0.3 is 5.97 Å². The molecule has 0 aliphatic carbocycles. The Morgan fingerprint density at radius 1 is 1.33 bits per heavy atom. The van der Waals surface area contributed by atoms with Crippen molar-refractivity contribution in [1.29, 1.82) is 0 Å². The van der Waals surface area contributed by atoms with Gasteiger partial charge in [0.05, 0.1) is 36.8 Å². The van der Waals surface area contributed by atoms with Crippen molar-refractivity contribution in [3.63, 3.8) is 0 Å². The van der Waals surface area contributed by atoms with Gasteiger partial charge in [0.25, 0.3) is 5.91 Å². The molecule has 3 N–H and O–H groups in total. The zero-order valence-electron chi connectivity index (χ0n) is 19.2. The number of rotatable bonds is 9. The van der Waals surface area contributed by atoms with Crippen LogP contribution in [0.2, 0.25) is 5.02 Å². The van der Waals surface area contributed by atoms with Crippen LogP contribution in [-0.4, -0.2) is 87.1 Å². The number of nitrogen functional groups attached to an aromatic ring is 1. The van der Waals surface area contributed by atoms with Crippen LogP contribution in [0.3, 0.4) is 0 Å². The Kier molecular flexibility index (Phi) is 9.54. The zero-order chi connectivity index (χ0) is 23.8.